The summed E-state index contributed by atoms with van der Waals surface area (Å²) in [6, 6.07) is 8.17. The molecule has 2 rings (SSSR count). The Hall–Kier alpha value is -2.01. The number of phenolic OH excluding ortho intramolecular Hbond substituents is 2. The third-order valence-corrected chi connectivity index (χ3v) is 3.86. The van der Waals surface area contributed by atoms with E-state index < -0.39 is 5.97 Å². The lowest BCUT2D eigenvalue weighted by Crippen LogP contribution is -2.02. The van der Waals surface area contributed by atoms with Gasteiger partial charge in [-0.05, 0) is 41.8 Å². The van der Waals surface area contributed by atoms with Gasteiger partial charge in [-0.1, -0.05) is 28.1 Å². The Morgan fingerprint density at radius 3 is 2.62 bits per heavy atom. The Bertz CT molecular complexity index is 695. The van der Waals surface area contributed by atoms with Crippen LogP contribution in [0, 0.1) is 6.92 Å². The predicted molar refractivity (Wildman–Crippen MR) is 83.9 cm³/mol. The number of halogens is 1. The van der Waals surface area contributed by atoms with Gasteiger partial charge in [0, 0.05) is 10.9 Å². The molecule has 2 aromatic rings. The van der Waals surface area contributed by atoms with Gasteiger partial charge in [0.1, 0.15) is 17.1 Å². The van der Waals surface area contributed by atoms with Gasteiger partial charge in [-0.25, -0.2) is 4.79 Å². The first-order valence-electron chi connectivity index (χ1n) is 6.28. The molecule has 0 heterocycles. The minimum atomic E-state index is -0.592. The van der Waals surface area contributed by atoms with E-state index in [0.29, 0.717) is 10.9 Å². The predicted octanol–water partition coefficient (Wildman–Crippen LogP) is 3.75. The molecule has 0 aromatic heterocycles. The van der Waals surface area contributed by atoms with Gasteiger partial charge in [-0.3, -0.25) is 0 Å². The summed E-state index contributed by atoms with van der Waals surface area (Å²) in [4.78, 5) is 11.7. The first kappa shape index (κ1) is 15.4. The molecule has 2 aromatic carbocycles. The molecule has 0 aliphatic rings. The van der Waals surface area contributed by atoms with Crippen LogP contribution in [0.3, 0.4) is 0 Å². The van der Waals surface area contributed by atoms with Gasteiger partial charge >= 0.3 is 5.97 Å². The fourth-order valence-corrected chi connectivity index (χ4v) is 2.79. The molecule has 0 bridgehead atoms. The number of hydrogen-bond donors (Lipinski definition) is 2. The Balaban J connectivity index is 2.71. The summed E-state index contributed by atoms with van der Waals surface area (Å²) in [7, 11) is 1.27. The van der Waals surface area contributed by atoms with E-state index >= 15 is 0 Å². The lowest BCUT2D eigenvalue weighted by atomic mass is 9.93. The Kier molecular flexibility index (Phi) is 4.53. The van der Waals surface area contributed by atoms with Crippen LogP contribution in [0.1, 0.15) is 21.5 Å². The van der Waals surface area contributed by atoms with Crippen LogP contribution in [-0.2, 0) is 10.1 Å². The van der Waals surface area contributed by atoms with Crippen LogP contribution in [0.25, 0.3) is 11.1 Å². The van der Waals surface area contributed by atoms with Crippen molar-refractivity contribution < 1.29 is 19.7 Å². The van der Waals surface area contributed by atoms with Crippen LogP contribution in [-0.4, -0.2) is 23.3 Å². The van der Waals surface area contributed by atoms with E-state index in [1.54, 1.807) is 24.3 Å². The summed E-state index contributed by atoms with van der Waals surface area (Å²) in [5.41, 5.74) is 3.06. The summed E-state index contributed by atoms with van der Waals surface area (Å²) in [6.45, 7) is 1.84. The number of benzene rings is 2. The van der Waals surface area contributed by atoms with E-state index in [4.69, 9.17) is 0 Å². The van der Waals surface area contributed by atoms with Crippen molar-refractivity contribution in [2.45, 2.75) is 12.3 Å². The van der Waals surface area contributed by atoms with Crippen LogP contribution in [0.5, 0.6) is 11.5 Å². The average molecular weight is 351 g/mol. The van der Waals surface area contributed by atoms with Crippen LogP contribution in [0.4, 0.5) is 0 Å². The molecule has 5 heteroatoms. The number of rotatable bonds is 3. The zero-order chi connectivity index (χ0) is 15.6. The Morgan fingerprint density at radius 1 is 1.29 bits per heavy atom. The number of ether oxygens (including phenoxy) is 1. The molecule has 0 saturated carbocycles. The Labute approximate surface area is 131 Å². The summed E-state index contributed by atoms with van der Waals surface area (Å²) >= 11 is 3.38. The second-order valence-electron chi connectivity index (χ2n) is 4.62. The normalized spacial score (nSPS) is 10.4. The molecule has 0 spiro atoms. The minimum absolute atomic E-state index is 0.114. The van der Waals surface area contributed by atoms with Gasteiger partial charge < -0.3 is 14.9 Å². The number of alkyl halides is 1. The molecule has 0 fully saturated rings. The number of esters is 1. The van der Waals surface area contributed by atoms with Gasteiger partial charge in [0.05, 0.1) is 7.11 Å². The molecule has 0 radical (unpaired) electrons. The van der Waals surface area contributed by atoms with Gasteiger partial charge in [-0.2, -0.15) is 0 Å². The number of phenols is 2. The lowest BCUT2D eigenvalue weighted by molar-refractivity contribution is 0.0597. The highest BCUT2D eigenvalue weighted by Gasteiger charge is 2.19. The molecule has 4 nitrogen and oxygen atoms in total. The highest BCUT2D eigenvalue weighted by molar-refractivity contribution is 9.08. The largest absolute Gasteiger partial charge is 0.508 e. The standard InChI is InChI=1S/C16H15BrO4/c1-9-6-11(18)7-10(8-17)14(9)12-4-3-5-13(15(12)19)16(20)21-2/h3-7,18-19H,8H2,1-2H3. The third-order valence-electron chi connectivity index (χ3n) is 3.26. The Morgan fingerprint density at radius 2 is 2.00 bits per heavy atom. The van der Waals surface area contributed by atoms with Crippen molar-refractivity contribution in [3.8, 4) is 22.6 Å². The second-order valence-corrected chi connectivity index (χ2v) is 5.18. The van der Waals surface area contributed by atoms with Gasteiger partial charge in [0.15, 0.2) is 0 Å². The van der Waals surface area contributed by atoms with Crippen LogP contribution in [0.2, 0.25) is 0 Å². The molecule has 110 valence electrons. The maximum absolute atomic E-state index is 11.7. The number of aromatic hydroxyl groups is 2. The zero-order valence-corrected chi connectivity index (χ0v) is 13.3. The molecule has 0 atom stereocenters. The molecule has 0 saturated heterocycles. The average Bonchev–Trinajstić information content (AvgIpc) is 2.46. The molecular weight excluding hydrogens is 336 g/mol. The summed E-state index contributed by atoms with van der Waals surface area (Å²) < 4.78 is 4.67. The van der Waals surface area contributed by atoms with Crippen molar-refractivity contribution >= 4 is 21.9 Å². The van der Waals surface area contributed by atoms with E-state index in [2.05, 4.69) is 20.7 Å². The van der Waals surface area contributed by atoms with Crippen molar-refractivity contribution in [3.05, 3.63) is 47.0 Å². The summed E-state index contributed by atoms with van der Waals surface area (Å²) in [5, 5.41) is 20.6. The van der Waals surface area contributed by atoms with Crippen molar-refractivity contribution in [1.29, 1.82) is 0 Å². The molecule has 0 aliphatic heterocycles. The number of carbonyl (C=O) groups excluding carboxylic acids is 1. The van der Waals surface area contributed by atoms with E-state index in [1.165, 1.54) is 13.2 Å². The first-order chi connectivity index (χ1) is 9.99. The van der Waals surface area contributed by atoms with Crippen molar-refractivity contribution in [2.75, 3.05) is 7.11 Å². The molecule has 2 N–H and O–H groups in total. The zero-order valence-electron chi connectivity index (χ0n) is 11.7. The molecular formula is C16H15BrO4. The topological polar surface area (TPSA) is 66.8 Å². The number of methoxy groups -OCH3 is 1. The third kappa shape index (κ3) is 2.88. The summed E-state index contributed by atoms with van der Waals surface area (Å²) in [6.07, 6.45) is 0. The highest BCUT2D eigenvalue weighted by Crippen LogP contribution is 2.38. The monoisotopic (exact) mass is 350 g/mol. The maximum atomic E-state index is 11.7. The van der Waals surface area contributed by atoms with Gasteiger partial charge in [0.2, 0.25) is 0 Å². The van der Waals surface area contributed by atoms with Crippen molar-refractivity contribution in [1.82, 2.24) is 0 Å². The minimum Gasteiger partial charge on any atom is -0.508 e. The summed E-state index contributed by atoms with van der Waals surface area (Å²) in [5.74, 6) is -0.555. The molecule has 0 unspecified atom stereocenters. The number of carbonyl (C=O) groups is 1. The van der Waals surface area contributed by atoms with E-state index in [1.807, 2.05) is 6.92 Å². The van der Waals surface area contributed by atoms with Gasteiger partial charge in [0.25, 0.3) is 0 Å². The lowest BCUT2D eigenvalue weighted by Gasteiger charge is -2.15. The van der Waals surface area contributed by atoms with E-state index in [9.17, 15) is 15.0 Å². The highest BCUT2D eigenvalue weighted by atomic mass is 79.9. The van der Waals surface area contributed by atoms with Crippen LogP contribution < -0.4 is 0 Å². The van der Waals surface area contributed by atoms with Crippen LogP contribution >= 0.6 is 15.9 Å². The number of hydrogen-bond acceptors (Lipinski definition) is 4. The fraction of sp³-hybridized carbons (Fsp3) is 0.188. The maximum Gasteiger partial charge on any atom is 0.341 e. The molecule has 0 aliphatic carbocycles. The SMILES string of the molecule is COC(=O)c1cccc(-c2c(C)cc(O)cc2CBr)c1O. The van der Waals surface area contributed by atoms with Crippen LogP contribution in [0.15, 0.2) is 30.3 Å². The van der Waals surface area contributed by atoms with E-state index in [0.717, 1.165) is 16.7 Å². The fourth-order valence-electron chi connectivity index (χ4n) is 2.35. The number of para-hydroxylation sites is 1. The molecule has 21 heavy (non-hydrogen) atoms. The smallest absolute Gasteiger partial charge is 0.341 e. The molecule has 0 amide bonds. The first-order valence-corrected chi connectivity index (χ1v) is 7.40. The van der Waals surface area contributed by atoms with Crippen molar-refractivity contribution in [3.63, 3.8) is 0 Å². The quantitative estimate of drug-likeness (QED) is 0.653. The van der Waals surface area contributed by atoms with Crippen molar-refractivity contribution in [2.24, 2.45) is 0 Å². The van der Waals surface area contributed by atoms with Gasteiger partial charge in [-0.15, -0.1) is 0 Å². The van der Waals surface area contributed by atoms with E-state index in [-0.39, 0.29) is 17.1 Å². The number of aryl methyl sites for hydroxylation is 1. The second kappa shape index (κ2) is 6.18.